The highest BCUT2D eigenvalue weighted by atomic mass is 19.1. The van der Waals surface area contributed by atoms with Gasteiger partial charge in [-0.15, -0.1) is 0 Å². The molecule has 32 heavy (non-hydrogen) atoms. The maximum absolute atomic E-state index is 13.7. The number of anilines is 1. The van der Waals surface area contributed by atoms with E-state index in [9.17, 15) is 14.0 Å². The van der Waals surface area contributed by atoms with Crippen LogP contribution in [-0.2, 0) is 19.4 Å². The van der Waals surface area contributed by atoms with E-state index >= 15 is 0 Å². The molecular weight excluding hydrogens is 407 g/mol. The minimum absolute atomic E-state index is 0.0497. The molecule has 0 atom stereocenters. The van der Waals surface area contributed by atoms with E-state index in [2.05, 4.69) is 10.4 Å². The first-order chi connectivity index (χ1) is 15.5. The third-order valence-corrected chi connectivity index (χ3v) is 6.03. The monoisotopic (exact) mass is 430 g/mol. The molecule has 4 aromatic rings. The highest BCUT2D eigenvalue weighted by Gasteiger charge is 2.19. The summed E-state index contributed by atoms with van der Waals surface area (Å²) in [5, 5.41) is 7.28. The molecule has 0 spiro atoms. The fourth-order valence-corrected chi connectivity index (χ4v) is 4.21. The van der Waals surface area contributed by atoms with Gasteiger partial charge in [0.2, 0.25) is 0 Å². The van der Waals surface area contributed by atoms with E-state index in [4.69, 9.17) is 0 Å². The lowest BCUT2D eigenvalue weighted by Gasteiger charge is -2.10. The zero-order valence-corrected chi connectivity index (χ0v) is 17.8. The SMILES string of the molecule is Cc1ccc(NC(=O)c2ccc(Cn3ccn4nc5c(c4c3=O)CCCC5)cc2)cc1F. The molecule has 2 heterocycles. The van der Waals surface area contributed by atoms with Crippen molar-refractivity contribution in [2.24, 2.45) is 0 Å². The van der Waals surface area contributed by atoms with Gasteiger partial charge in [-0.3, -0.25) is 9.59 Å². The number of nitrogens with zero attached hydrogens (tertiary/aromatic N) is 3. The molecule has 1 amide bonds. The minimum Gasteiger partial charge on any atom is -0.322 e. The molecule has 7 heteroatoms. The summed E-state index contributed by atoms with van der Waals surface area (Å²) in [7, 11) is 0. The lowest BCUT2D eigenvalue weighted by atomic mass is 9.97. The Morgan fingerprint density at radius 3 is 2.66 bits per heavy atom. The van der Waals surface area contributed by atoms with E-state index in [1.54, 1.807) is 46.5 Å². The highest BCUT2D eigenvalue weighted by Crippen LogP contribution is 2.22. The summed E-state index contributed by atoms with van der Waals surface area (Å²) < 4.78 is 17.1. The zero-order chi connectivity index (χ0) is 22.2. The number of carbonyl (C=O) groups is 1. The van der Waals surface area contributed by atoms with Gasteiger partial charge in [-0.05, 0) is 68.0 Å². The van der Waals surface area contributed by atoms with Crippen molar-refractivity contribution < 1.29 is 9.18 Å². The first-order valence-corrected chi connectivity index (χ1v) is 10.8. The molecule has 162 valence electrons. The van der Waals surface area contributed by atoms with E-state index in [-0.39, 0.29) is 17.3 Å². The zero-order valence-electron chi connectivity index (χ0n) is 17.8. The van der Waals surface area contributed by atoms with Crippen LogP contribution < -0.4 is 10.9 Å². The molecule has 2 aromatic carbocycles. The third-order valence-electron chi connectivity index (χ3n) is 6.03. The lowest BCUT2D eigenvalue weighted by molar-refractivity contribution is 0.102. The van der Waals surface area contributed by atoms with Crippen LogP contribution in [0.15, 0.2) is 59.7 Å². The molecular formula is C25H23FN4O2. The van der Waals surface area contributed by atoms with Gasteiger partial charge in [0.05, 0.1) is 12.2 Å². The summed E-state index contributed by atoms with van der Waals surface area (Å²) in [4.78, 5) is 25.6. The maximum atomic E-state index is 13.7. The van der Waals surface area contributed by atoms with Crippen molar-refractivity contribution in [2.75, 3.05) is 5.32 Å². The summed E-state index contributed by atoms with van der Waals surface area (Å²) in [6.45, 7) is 2.07. The van der Waals surface area contributed by atoms with Crippen molar-refractivity contribution in [3.8, 4) is 0 Å². The van der Waals surface area contributed by atoms with Crippen molar-refractivity contribution in [2.45, 2.75) is 39.2 Å². The number of hydrogen-bond donors (Lipinski definition) is 1. The Kier molecular flexibility index (Phi) is 5.09. The predicted octanol–water partition coefficient (Wildman–Crippen LogP) is 4.12. The Labute approximate surface area is 184 Å². The highest BCUT2D eigenvalue weighted by molar-refractivity contribution is 6.04. The van der Waals surface area contributed by atoms with E-state index < -0.39 is 0 Å². The summed E-state index contributed by atoms with van der Waals surface area (Å²) in [5.41, 5.74) is 5.04. The van der Waals surface area contributed by atoms with Crippen LogP contribution in [0, 0.1) is 12.7 Å². The van der Waals surface area contributed by atoms with Crippen LogP contribution >= 0.6 is 0 Å². The Bertz CT molecular complexity index is 1390. The average Bonchev–Trinajstić information content (AvgIpc) is 3.18. The quantitative estimate of drug-likeness (QED) is 0.530. The first-order valence-electron chi connectivity index (χ1n) is 10.8. The largest absolute Gasteiger partial charge is 0.322 e. The molecule has 0 bridgehead atoms. The number of carbonyl (C=O) groups excluding carboxylic acids is 1. The molecule has 2 aromatic heterocycles. The van der Waals surface area contributed by atoms with Crippen molar-refractivity contribution in [3.63, 3.8) is 0 Å². The van der Waals surface area contributed by atoms with Crippen molar-refractivity contribution >= 4 is 17.1 Å². The van der Waals surface area contributed by atoms with Gasteiger partial charge in [0.15, 0.2) is 0 Å². The third kappa shape index (κ3) is 3.70. The van der Waals surface area contributed by atoms with Gasteiger partial charge < -0.3 is 9.88 Å². The second-order valence-electron chi connectivity index (χ2n) is 8.27. The van der Waals surface area contributed by atoms with Crippen LogP contribution in [-0.4, -0.2) is 20.1 Å². The number of benzene rings is 2. The van der Waals surface area contributed by atoms with Gasteiger partial charge in [-0.25, -0.2) is 8.91 Å². The van der Waals surface area contributed by atoms with Crippen LogP contribution in [0.4, 0.5) is 10.1 Å². The summed E-state index contributed by atoms with van der Waals surface area (Å²) in [6.07, 6.45) is 7.60. The molecule has 6 nitrogen and oxygen atoms in total. The van der Waals surface area contributed by atoms with Gasteiger partial charge >= 0.3 is 0 Å². The molecule has 1 N–H and O–H groups in total. The van der Waals surface area contributed by atoms with Crippen molar-refractivity contribution in [3.05, 3.63) is 99.0 Å². The molecule has 0 unspecified atom stereocenters. The Hall–Kier alpha value is -3.74. The van der Waals surface area contributed by atoms with E-state index in [0.717, 1.165) is 42.5 Å². The van der Waals surface area contributed by atoms with Gasteiger partial charge in [-0.2, -0.15) is 5.10 Å². The van der Waals surface area contributed by atoms with Crippen LogP contribution in [0.25, 0.3) is 5.52 Å². The normalized spacial score (nSPS) is 13.2. The molecule has 0 fully saturated rings. The van der Waals surface area contributed by atoms with Gasteiger partial charge in [0.25, 0.3) is 11.5 Å². The predicted molar refractivity (Wildman–Crippen MR) is 121 cm³/mol. The van der Waals surface area contributed by atoms with Crippen LogP contribution in [0.5, 0.6) is 0 Å². The van der Waals surface area contributed by atoms with Crippen molar-refractivity contribution in [1.29, 1.82) is 0 Å². The second kappa shape index (κ2) is 8.07. The average molecular weight is 430 g/mol. The van der Waals surface area contributed by atoms with Crippen molar-refractivity contribution in [1.82, 2.24) is 14.2 Å². The molecule has 0 saturated heterocycles. The smallest absolute Gasteiger partial charge is 0.277 e. The minimum atomic E-state index is -0.361. The second-order valence-corrected chi connectivity index (χ2v) is 8.27. The fourth-order valence-electron chi connectivity index (χ4n) is 4.21. The van der Waals surface area contributed by atoms with Gasteiger partial charge in [0, 0.05) is 29.2 Å². The molecule has 0 saturated carbocycles. The summed E-state index contributed by atoms with van der Waals surface area (Å²) >= 11 is 0. The fraction of sp³-hybridized carbons (Fsp3) is 0.240. The van der Waals surface area contributed by atoms with Crippen LogP contribution in [0.2, 0.25) is 0 Å². The van der Waals surface area contributed by atoms with Crippen LogP contribution in [0.3, 0.4) is 0 Å². The molecule has 1 aliphatic rings. The topological polar surface area (TPSA) is 68.4 Å². The number of aryl methyl sites for hydroxylation is 3. The number of rotatable bonds is 4. The number of nitrogens with one attached hydrogen (secondary N) is 1. The lowest BCUT2D eigenvalue weighted by Crippen LogP contribution is -2.23. The Morgan fingerprint density at radius 2 is 1.88 bits per heavy atom. The van der Waals surface area contributed by atoms with E-state index in [1.165, 1.54) is 6.07 Å². The molecule has 0 radical (unpaired) electrons. The Morgan fingerprint density at radius 1 is 1.09 bits per heavy atom. The summed E-state index contributed by atoms with van der Waals surface area (Å²) in [6, 6.07) is 11.7. The van der Waals surface area contributed by atoms with Gasteiger partial charge in [0.1, 0.15) is 11.3 Å². The standard InChI is InChI=1S/C25H23FN4O2/c1-16-6-11-19(14-21(16)26)27-24(31)18-9-7-17(8-10-18)15-29-12-13-30-23(25(29)32)20-4-2-3-5-22(20)28-30/h6-14H,2-5,15H2,1H3,(H,27,31). The first kappa shape index (κ1) is 20.2. The molecule has 0 aliphatic heterocycles. The van der Waals surface area contributed by atoms with E-state index in [0.29, 0.717) is 28.9 Å². The van der Waals surface area contributed by atoms with E-state index in [1.807, 2.05) is 18.3 Å². The number of fused-ring (bicyclic) bond motifs is 3. The summed E-state index contributed by atoms with van der Waals surface area (Å²) in [5.74, 6) is -0.677. The number of hydrogen-bond acceptors (Lipinski definition) is 3. The maximum Gasteiger partial charge on any atom is 0.277 e. The van der Waals surface area contributed by atoms with Crippen LogP contribution in [0.1, 0.15) is 45.6 Å². The number of amides is 1. The Balaban J connectivity index is 1.35. The number of aromatic nitrogens is 3. The number of halogens is 1. The van der Waals surface area contributed by atoms with Gasteiger partial charge in [-0.1, -0.05) is 18.2 Å². The molecule has 1 aliphatic carbocycles. The molecule has 5 rings (SSSR count).